The lowest BCUT2D eigenvalue weighted by Crippen LogP contribution is -2.40. The molecule has 0 aliphatic carbocycles. The molecule has 3 rings (SSSR count). The molecule has 2 aromatic rings. The third-order valence-corrected chi connectivity index (χ3v) is 4.30. The highest BCUT2D eigenvalue weighted by molar-refractivity contribution is 6.05. The number of nitrogens with zero attached hydrogens (tertiary/aromatic N) is 1. The number of carbonyl (C=O) groups is 1. The van der Waals surface area contributed by atoms with E-state index in [0.29, 0.717) is 11.5 Å². The van der Waals surface area contributed by atoms with Crippen molar-refractivity contribution < 1.29 is 9.21 Å². The third-order valence-electron chi connectivity index (χ3n) is 4.30. The Morgan fingerprint density at radius 2 is 2.05 bits per heavy atom. The number of nitrogens with one attached hydrogen (secondary N) is 1. The molecule has 0 spiro atoms. The summed E-state index contributed by atoms with van der Waals surface area (Å²) in [5.74, 6) is 0.789. The maximum Gasteiger partial charge on any atom is 0.257 e. The number of likely N-dealkylation sites (tertiary alicyclic amines) is 1. The summed E-state index contributed by atoms with van der Waals surface area (Å²) in [6.07, 6.45) is 3.75. The molecule has 0 radical (unpaired) electrons. The van der Waals surface area contributed by atoms with Crippen LogP contribution in [-0.4, -0.2) is 37.0 Å². The molecule has 1 saturated heterocycles. The predicted molar refractivity (Wildman–Crippen MR) is 90.6 cm³/mol. The largest absolute Gasteiger partial charge is 0.463 e. The van der Waals surface area contributed by atoms with Crippen LogP contribution in [0.5, 0.6) is 0 Å². The quantitative estimate of drug-likeness (QED) is 0.939. The number of rotatable bonds is 4. The smallest absolute Gasteiger partial charge is 0.257 e. The third kappa shape index (κ3) is 3.45. The molecule has 0 unspecified atom stereocenters. The fraction of sp³-hybridized carbons (Fsp3) is 0.471. The molecule has 1 aromatic heterocycles. The van der Waals surface area contributed by atoms with E-state index < -0.39 is 0 Å². The summed E-state index contributed by atoms with van der Waals surface area (Å²) in [6.45, 7) is 5.89. The Kier molecular flexibility index (Phi) is 5.86. The molecule has 0 saturated carbocycles. The van der Waals surface area contributed by atoms with Crippen molar-refractivity contribution in [1.82, 2.24) is 10.2 Å². The lowest BCUT2D eigenvalue weighted by atomic mass is 9.96. The van der Waals surface area contributed by atoms with Crippen molar-refractivity contribution in [3.8, 4) is 0 Å². The summed E-state index contributed by atoms with van der Waals surface area (Å²) in [4.78, 5) is 14.6. The van der Waals surface area contributed by atoms with E-state index in [9.17, 15) is 4.79 Å². The molecular formula is C17H23ClN2O2. The summed E-state index contributed by atoms with van der Waals surface area (Å²) >= 11 is 0. The molecule has 1 aliphatic rings. The van der Waals surface area contributed by atoms with Crippen molar-refractivity contribution in [3.05, 3.63) is 36.1 Å². The number of hydrogen-bond donors (Lipinski definition) is 1. The Labute approximate surface area is 137 Å². The van der Waals surface area contributed by atoms with Crippen molar-refractivity contribution in [1.29, 1.82) is 0 Å². The van der Waals surface area contributed by atoms with E-state index in [1.165, 1.54) is 0 Å². The monoisotopic (exact) mass is 322 g/mol. The maximum atomic E-state index is 12.6. The first-order valence-electron chi connectivity index (χ1n) is 7.75. The first-order valence-corrected chi connectivity index (χ1v) is 7.75. The van der Waals surface area contributed by atoms with Gasteiger partial charge in [0.1, 0.15) is 11.8 Å². The van der Waals surface area contributed by atoms with Crippen LogP contribution in [0.2, 0.25) is 0 Å². The summed E-state index contributed by atoms with van der Waals surface area (Å²) in [5, 5.41) is 4.31. The van der Waals surface area contributed by atoms with Crippen LogP contribution in [-0.2, 0) is 0 Å². The van der Waals surface area contributed by atoms with Gasteiger partial charge in [-0.05, 0) is 37.9 Å². The minimum absolute atomic E-state index is 0. The van der Waals surface area contributed by atoms with Gasteiger partial charge >= 0.3 is 0 Å². The lowest BCUT2D eigenvalue weighted by molar-refractivity contribution is 0.0691. The zero-order chi connectivity index (χ0) is 14.7. The summed E-state index contributed by atoms with van der Waals surface area (Å²) in [7, 11) is 0. The van der Waals surface area contributed by atoms with Crippen molar-refractivity contribution in [2.24, 2.45) is 5.92 Å². The SMILES string of the molecule is CCNCC1CCN(C(=O)c2coc3ccccc23)CC1.Cl. The lowest BCUT2D eigenvalue weighted by Gasteiger charge is -2.32. The van der Waals surface area contributed by atoms with E-state index in [1.54, 1.807) is 6.26 Å². The van der Waals surface area contributed by atoms with Gasteiger partial charge in [0.25, 0.3) is 5.91 Å². The molecule has 120 valence electrons. The zero-order valence-electron chi connectivity index (χ0n) is 12.9. The second-order valence-electron chi connectivity index (χ2n) is 5.69. The highest BCUT2D eigenvalue weighted by Crippen LogP contribution is 2.24. The molecule has 22 heavy (non-hydrogen) atoms. The van der Waals surface area contributed by atoms with E-state index in [1.807, 2.05) is 29.2 Å². The summed E-state index contributed by atoms with van der Waals surface area (Å²) in [6, 6.07) is 7.71. The first-order chi connectivity index (χ1) is 10.3. The van der Waals surface area contributed by atoms with E-state index in [2.05, 4.69) is 12.2 Å². The first kappa shape index (κ1) is 16.8. The number of piperidine rings is 1. The Morgan fingerprint density at radius 3 is 2.77 bits per heavy atom. The molecule has 2 heterocycles. The van der Waals surface area contributed by atoms with Crippen molar-refractivity contribution in [3.63, 3.8) is 0 Å². The number of hydrogen-bond acceptors (Lipinski definition) is 3. The minimum atomic E-state index is 0. The number of amides is 1. The van der Waals surface area contributed by atoms with Gasteiger partial charge in [-0.2, -0.15) is 0 Å². The van der Waals surface area contributed by atoms with E-state index in [4.69, 9.17) is 4.42 Å². The van der Waals surface area contributed by atoms with Crippen molar-refractivity contribution in [2.45, 2.75) is 19.8 Å². The predicted octanol–water partition coefficient (Wildman–Crippen LogP) is 3.32. The minimum Gasteiger partial charge on any atom is -0.463 e. The Morgan fingerprint density at radius 1 is 1.32 bits per heavy atom. The van der Waals surface area contributed by atoms with Crippen LogP contribution in [0.1, 0.15) is 30.1 Å². The van der Waals surface area contributed by atoms with Crippen LogP contribution in [0.4, 0.5) is 0 Å². The molecule has 1 aliphatic heterocycles. The molecule has 0 bridgehead atoms. The normalized spacial score (nSPS) is 15.8. The van der Waals surface area contributed by atoms with Gasteiger partial charge < -0.3 is 14.6 Å². The molecule has 5 heteroatoms. The molecular weight excluding hydrogens is 300 g/mol. The zero-order valence-corrected chi connectivity index (χ0v) is 13.7. The second kappa shape index (κ2) is 7.65. The Hall–Kier alpha value is -1.52. The molecule has 1 fully saturated rings. The topological polar surface area (TPSA) is 45.5 Å². The average molecular weight is 323 g/mol. The number of halogens is 1. The van der Waals surface area contributed by atoms with Gasteiger partial charge in [0.05, 0.1) is 5.56 Å². The van der Waals surface area contributed by atoms with Crippen LogP contribution in [0.3, 0.4) is 0 Å². The summed E-state index contributed by atoms with van der Waals surface area (Å²) < 4.78 is 5.48. The van der Waals surface area contributed by atoms with E-state index in [-0.39, 0.29) is 18.3 Å². The van der Waals surface area contributed by atoms with Gasteiger partial charge in [-0.25, -0.2) is 0 Å². The van der Waals surface area contributed by atoms with Crippen LogP contribution < -0.4 is 5.32 Å². The highest BCUT2D eigenvalue weighted by Gasteiger charge is 2.25. The number of carbonyl (C=O) groups excluding carboxylic acids is 1. The molecule has 1 N–H and O–H groups in total. The Bertz CT molecular complexity index is 618. The fourth-order valence-electron chi connectivity index (χ4n) is 3.00. The number of para-hydroxylation sites is 1. The molecule has 1 amide bonds. The van der Waals surface area contributed by atoms with Crippen molar-refractivity contribution in [2.75, 3.05) is 26.2 Å². The van der Waals surface area contributed by atoms with Gasteiger partial charge in [-0.3, -0.25) is 4.79 Å². The van der Waals surface area contributed by atoms with Gasteiger partial charge in [0, 0.05) is 18.5 Å². The number of furan rings is 1. The van der Waals surface area contributed by atoms with Crippen LogP contribution in [0.15, 0.2) is 34.9 Å². The van der Waals surface area contributed by atoms with E-state index in [0.717, 1.165) is 50.0 Å². The van der Waals surface area contributed by atoms with Gasteiger partial charge in [-0.15, -0.1) is 12.4 Å². The summed E-state index contributed by atoms with van der Waals surface area (Å²) in [5.41, 5.74) is 1.47. The van der Waals surface area contributed by atoms with Crippen molar-refractivity contribution >= 4 is 29.3 Å². The second-order valence-corrected chi connectivity index (χ2v) is 5.69. The van der Waals surface area contributed by atoms with Gasteiger partial charge in [-0.1, -0.05) is 25.1 Å². The van der Waals surface area contributed by atoms with Crippen LogP contribution in [0.25, 0.3) is 11.0 Å². The fourth-order valence-corrected chi connectivity index (χ4v) is 3.00. The average Bonchev–Trinajstić information content (AvgIpc) is 2.97. The van der Waals surface area contributed by atoms with E-state index >= 15 is 0 Å². The molecule has 1 aromatic carbocycles. The number of benzene rings is 1. The van der Waals surface area contributed by atoms with Crippen LogP contribution >= 0.6 is 12.4 Å². The molecule has 0 atom stereocenters. The number of fused-ring (bicyclic) bond motifs is 1. The van der Waals surface area contributed by atoms with Gasteiger partial charge in [0.2, 0.25) is 0 Å². The van der Waals surface area contributed by atoms with Crippen LogP contribution in [0, 0.1) is 5.92 Å². The standard InChI is InChI=1S/C17H22N2O2.ClH/c1-2-18-11-13-7-9-19(10-8-13)17(20)15-12-21-16-6-4-3-5-14(15)16;/h3-6,12-13,18H,2,7-11H2,1H3;1H. The molecule has 4 nitrogen and oxygen atoms in total. The van der Waals surface area contributed by atoms with Gasteiger partial charge in [0.15, 0.2) is 0 Å². The Balaban J connectivity index is 0.00000176. The maximum absolute atomic E-state index is 12.6. The highest BCUT2D eigenvalue weighted by atomic mass is 35.5.